The second-order valence-corrected chi connectivity index (χ2v) is 10.3. The van der Waals surface area contributed by atoms with Crippen LogP contribution in [0.4, 0.5) is 0 Å². The molecule has 3 heteroatoms. The summed E-state index contributed by atoms with van der Waals surface area (Å²) >= 11 is 2.15. The van der Waals surface area contributed by atoms with E-state index in [1.807, 2.05) is 0 Å². The highest BCUT2D eigenvalue weighted by Crippen LogP contribution is 2.32. The van der Waals surface area contributed by atoms with E-state index in [2.05, 4.69) is 50.7 Å². The molecule has 0 saturated heterocycles. The highest BCUT2D eigenvalue weighted by Gasteiger charge is 2.20. The third-order valence-electron chi connectivity index (χ3n) is 5.63. The summed E-state index contributed by atoms with van der Waals surface area (Å²) in [5.74, 6) is 3.88. The number of unbranched alkanes of at least 4 members (excludes halogenated alkanes) is 1. The van der Waals surface area contributed by atoms with Crippen LogP contribution < -0.4 is 5.73 Å². The Kier molecular flexibility index (Phi) is 8.99. The number of fused-ring (bicyclic) bond motifs is 1. The molecule has 0 fully saturated rings. The molecule has 1 aliphatic carbocycles. The van der Waals surface area contributed by atoms with Crippen LogP contribution in [0.1, 0.15) is 75.5 Å². The van der Waals surface area contributed by atoms with Crippen molar-refractivity contribution in [1.29, 1.82) is 0 Å². The van der Waals surface area contributed by atoms with Crippen molar-refractivity contribution in [3.05, 3.63) is 34.9 Å². The molecule has 0 amide bonds. The normalized spacial score (nSPS) is 18.6. The maximum absolute atomic E-state index is 8.99. The first-order valence-electron chi connectivity index (χ1n) is 10.4. The monoisotopic (exact) mass is 377 g/mol. The molecule has 3 N–H and O–H groups in total. The van der Waals surface area contributed by atoms with E-state index in [1.165, 1.54) is 42.8 Å². The van der Waals surface area contributed by atoms with Crippen molar-refractivity contribution in [2.24, 2.45) is 17.1 Å². The summed E-state index contributed by atoms with van der Waals surface area (Å²) in [6.45, 7) is 8.00. The van der Waals surface area contributed by atoms with Crippen molar-refractivity contribution in [2.75, 3.05) is 24.7 Å². The largest absolute Gasteiger partial charge is 0.396 e. The quantitative estimate of drug-likeness (QED) is 0.553. The van der Waals surface area contributed by atoms with Crippen molar-refractivity contribution in [2.45, 2.75) is 71.6 Å². The summed E-state index contributed by atoms with van der Waals surface area (Å²) in [6, 6.07) is 7.10. The van der Waals surface area contributed by atoms with Crippen LogP contribution in [-0.2, 0) is 12.8 Å². The summed E-state index contributed by atoms with van der Waals surface area (Å²) in [4.78, 5) is 0. The Labute approximate surface area is 165 Å². The highest BCUT2D eigenvalue weighted by atomic mass is 32.2. The zero-order valence-electron chi connectivity index (χ0n) is 17.1. The van der Waals surface area contributed by atoms with Gasteiger partial charge in [0.2, 0.25) is 0 Å². The van der Waals surface area contributed by atoms with Crippen molar-refractivity contribution in [3.8, 4) is 0 Å². The predicted molar refractivity (Wildman–Crippen MR) is 116 cm³/mol. The molecule has 1 aliphatic rings. The Morgan fingerprint density at radius 3 is 2.73 bits per heavy atom. The molecule has 0 saturated carbocycles. The van der Waals surface area contributed by atoms with E-state index in [9.17, 15) is 0 Å². The van der Waals surface area contributed by atoms with E-state index < -0.39 is 0 Å². The fourth-order valence-electron chi connectivity index (χ4n) is 3.80. The zero-order valence-corrected chi connectivity index (χ0v) is 17.9. The zero-order chi connectivity index (χ0) is 19.0. The van der Waals surface area contributed by atoms with Crippen LogP contribution in [0.2, 0.25) is 0 Å². The van der Waals surface area contributed by atoms with E-state index >= 15 is 0 Å². The summed E-state index contributed by atoms with van der Waals surface area (Å²) in [6.07, 6.45) is 8.14. The van der Waals surface area contributed by atoms with Gasteiger partial charge in [-0.1, -0.05) is 45.4 Å². The molecule has 2 rings (SSSR count). The predicted octanol–water partition coefficient (Wildman–Crippen LogP) is 5.17. The lowest BCUT2D eigenvalue weighted by molar-refractivity contribution is 0.281. The second kappa shape index (κ2) is 10.7. The number of hydrogen-bond donors (Lipinski definition) is 2. The molecule has 0 heterocycles. The Balaban J connectivity index is 1.86. The number of aliphatic hydroxyl groups is 1. The molecule has 1 aromatic rings. The van der Waals surface area contributed by atoms with Gasteiger partial charge >= 0.3 is 0 Å². The number of hydrogen-bond acceptors (Lipinski definition) is 3. The van der Waals surface area contributed by atoms with Crippen LogP contribution in [0, 0.1) is 11.3 Å². The molecule has 0 spiro atoms. The number of aryl methyl sites for hydroxylation is 1. The maximum atomic E-state index is 8.99. The molecule has 0 radical (unpaired) electrons. The molecule has 2 nitrogen and oxygen atoms in total. The summed E-state index contributed by atoms with van der Waals surface area (Å²) in [7, 11) is 0. The third-order valence-corrected chi connectivity index (χ3v) is 6.83. The van der Waals surface area contributed by atoms with Gasteiger partial charge in [0.25, 0.3) is 0 Å². The first kappa shape index (κ1) is 21.8. The molecule has 148 valence electrons. The Morgan fingerprint density at radius 1 is 1.23 bits per heavy atom. The smallest absolute Gasteiger partial charge is 0.0431 e. The topological polar surface area (TPSA) is 46.2 Å². The van der Waals surface area contributed by atoms with Crippen LogP contribution in [0.25, 0.3) is 0 Å². The minimum atomic E-state index is 0.288. The van der Waals surface area contributed by atoms with Crippen LogP contribution in [-0.4, -0.2) is 29.8 Å². The van der Waals surface area contributed by atoms with Crippen molar-refractivity contribution < 1.29 is 5.11 Å². The molecule has 1 aromatic carbocycles. The van der Waals surface area contributed by atoms with Gasteiger partial charge in [-0.3, -0.25) is 0 Å². The van der Waals surface area contributed by atoms with Gasteiger partial charge in [-0.15, -0.1) is 0 Å². The number of thioether (sulfide) groups is 1. The highest BCUT2D eigenvalue weighted by molar-refractivity contribution is 7.99. The van der Waals surface area contributed by atoms with Gasteiger partial charge in [0.1, 0.15) is 0 Å². The number of rotatable bonds is 10. The van der Waals surface area contributed by atoms with Gasteiger partial charge in [0, 0.05) is 6.61 Å². The average Bonchev–Trinajstić information content (AvgIpc) is 2.61. The SMILES string of the molecule is CC(C)(C)CCSC[C@@H]1CCc2cc([C@H](CN)CCCCO)ccc2C1. The lowest BCUT2D eigenvalue weighted by Crippen LogP contribution is -2.18. The number of benzene rings is 1. The van der Waals surface area contributed by atoms with E-state index in [-0.39, 0.29) is 6.61 Å². The number of aliphatic hydroxyl groups excluding tert-OH is 1. The van der Waals surface area contributed by atoms with E-state index in [1.54, 1.807) is 11.1 Å². The molecular formula is C23H39NOS. The van der Waals surface area contributed by atoms with E-state index in [0.717, 1.165) is 25.2 Å². The molecule has 0 aliphatic heterocycles. The Morgan fingerprint density at radius 2 is 2.04 bits per heavy atom. The third kappa shape index (κ3) is 7.25. The first-order chi connectivity index (χ1) is 12.4. The van der Waals surface area contributed by atoms with Gasteiger partial charge in [-0.05, 0) is 90.5 Å². The lowest BCUT2D eigenvalue weighted by atomic mass is 9.82. The fourth-order valence-corrected chi connectivity index (χ4v) is 5.34. The maximum Gasteiger partial charge on any atom is 0.0431 e. The van der Waals surface area contributed by atoms with Crippen LogP contribution in [0.15, 0.2) is 18.2 Å². The van der Waals surface area contributed by atoms with Gasteiger partial charge in [-0.2, -0.15) is 11.8 Å². The van der Waals surface area contributed by atoms with Gasteiger partial charge in [0.05, 0.1) is 0 Å². The van der Waals surface area contributed by atoms with Gasteiger partial charge in [0.15, 0.2) is 0 Å². The Bertz CT molecular complexity index is 537. The molecular weight excluding hydrogens is 338 g/mol. The minimum Gasteiger partial charge on any atom is -0.396 e. The number of nitrogens with two attached hydrogens (primary N) is 1. The van der Waals surface area contributed by atoms with E-state index in [4.69, 9.17) is 10.8 Å². The lowest BCUT2D eigenvalue weighted by Gasteiger charge is -2.26. The Hall–Kier alpha value is -0.510. The van der Waals surface area contributed by atoms with Crippen molar-refractivity contribution in [3.63, 3.8) is 0 Å². The van der Waals surface area contributed by atoms with Crippen molar-refractivity contribution in [1.82, 2.24) is 0 Å². The second-order valence-electron chi connectivity index (χ2n) is 9.17. The first-order valence-corrected chi connectivity index (χ1v) is 11.6. The minimum absolute atomic E-state index is 0.288. The summed E-state index contributed by atoms with van der Waals surface area (Å²) in [5.41, 5.74) is 11.0. The van der Waals surface area contributed by atoms with E-state index in [0.29, 0.717) is 17.9 Å². The molecule has 0 aromatic heterocycles. The molecule has 2 atom stereocenters. The van der Waals surface area contributed by atoms with Gasteiger partial charge < -0.3 is 10.8 Å². The summed E-state index contributed by atoms with van der Waals surface area (Å²) < 4.78 is 0. The van der Waals surface area contributed by atoms with Crippen LogP contribution in [0.5, 0.6) is 0 Å². The average molecular weight is 378 g/mol. The van der Waals surface area contributed by atoms with Crippen LogP contribution in [0.3, 0.4) is 0 Å². The van der Waals surface area contributed by atoms with Crippen molar-refractivity contribution >= 4 is 11.8 Å². The van der Waals surface area contributed by atoms with Gasteiger partial charge in [-0.25, -0.2) is 0 Å². The standard InChI is InChI=1S/C23H39NOS/c1-23(2,3)11-13-26-17-18-7-8-20-15-21(10-9-19(20)14-18)22(16-24)6-4-5-12-25/h9-10,15,18,22,25H,4-8,11-14,16-17,24H2,1-3H3/t18-,22+/m1/s1. The molecule has 0 unspecified atom stereocenters. The summed E-state index contributed by atoms with van der Waals surface area (Å²) in [5, 5.41) is 8.99. The molecule has 26 heavy (non-hydrogen) atoms. The fraction of sp³-hybridized carbons (Fsp3) is 0.739. The molecule has 0 bridgehead atoms. The van der Waals surface area contributed by atoms with Crippen LogP contribution >= 0.6 is 11.8 Å².